The molecule has 0 bridgehead atoms. The number of aromatic nitrogens is 5. The van der Waals surface area contributed by atoms with Crippen molar-refractivity contribution < 1.29 is 14.7 Å². The maximum Gasteiger partial charge on any atom is 0.407 e. The number of amides is 2. The van der Waals surface area contributed by atoms with Crippen LogP contribution >= 0.6 is 0 Å². The van der Waals surface area contributed by atoms with Crippen LogP contribution in [0.5, 0.6) is 0 Å². The van der Waals surface area contributed by atoms with Gasteiger partial charge in [0.1, 0.15) is 11.2 Å². The van der Waals surface area contributed by atoms with E-state index in [0.29, 0.717) is 37.3 Å². The van der Waals surface area contributed by atoms with E-state index in [2.05, 4.69) is 45.2 Å². The highest BCUT2D eigenvalue weighted by Crippen LogP contribution is 2.40. The van der Waals surface area contributed by atoms with Crippen LogP contribution in [-0.4, -0.2) is 64.6 Å². The summed E-state index contributed by atoms with van der Waals surface area (Å²) < 4.78 is 1.60. The molecule has 6 heterocycles. The number of hydrogen-bond donors (Lipinski definition) is 2. The zero-order chi connectivity index (χ0) is 26.7. The molecule has 2 aliphatic heterocycles. The molecule has 10 nitrogen and oxygen atoms in total. The zero-order valence-electron chi connectivity index (χ0n) is 21.5. The summed E-state index contributed by atoms with van der Waals surface area (Å²) in [5, 5.41) is 15.3. The van der Waals surface area contributed by atoms with Crippen molar-refractivity contribution in [2.24, 2.45) is 0 Å². The first-order valence-corrected chi connectivity index (χ1v) is 13.1. The first-order chi connectivity index (χ1) is 19.0. The Bertz CT molecular complexity index is 1770. The van der Waals surface area contributed by atoms with Crippen molar-refractivity contribution >= 4 is 28.7 Å². The third-order valence-corrected chi connectivity index (χ3v) is 8.10. The van der Waals surface area contributed by atoms with Crippen LogP contribution in [0, 0.1) is 6.92 Å². The number of aromatic amines is 1. The molecule has 0 spiro atoms. The van der Waals surface area contributed by atoms with Gasteiger partial charge in [-0.1, -0.05) is 6.07 Å². The summed E-state index contributed by atoms with van der Waals surface area (Å²) in [6.45, 7) is 3.52. The lowest BCUT2D eigenvalue weighted by atomic mass is 9.86. The highest BCUT2D eigenvalue weighted by atomic mass is 16.4. The second-order valence-electron chi connectivity index (χ2n) is 10.4. The standard InChI is InChI=1S/C29H27N7O3/c1-17-13-31-26-21(17)12-20(14-32-26)19-10-18-5-9-34(28(37)23-15-33-36-8-3-6-30-27(23)36)16-24(18)22(11-19)25-4-2-7-35(25)29(38)39/h3,6,8,10-15,25H,2,4-5,7,9,16H2,1H3,(H,31,32)(H,38,39)/t25-/m0/s1. The molecule has 1 saturated heterocycles. The number of carbonyl (C=O) groups is 2. The lowest BCUT2D eigenvalue weighted by Gasteiger charge is -2.33. The predicted molar refractivity (Wildman–Crippen MR) is 144 cm³/mol. The van der Waals surface area contributed by atoms with Gasteiger partial charge in [0.2, 0.25) is 0 Å². The van der Waals surface area contributed by atoms with Crippen LogP contribution in [0.15, 0.2) is 55.2 Å². The number of nitrogens with one attached hydrogen (secondary N) is 1. The Morgan fingerprint density at radius 1 is 1.10 bits per heavy atom. The molecule has 5 aromatic rings. The van der Waals surface area contributed by atoms with Crippen LogP contribution in [-0.2, 0) is 13.0 Å². The minimum absolute atomic E-state index is 0.122. The number of aryl methyl sites for hydroxylation is 1. The number of H-pyrrole nitrogens is 1. The van der Waals surface area contributed by atoms with Gasteiger partial charge in [-0.3, -0.25) is 4.79 Å². The number of likely N-dealkylation sites (tertiary alicyclic amines) is 1. The number of benzene rings is 1. The molecule has 1 aromatic carbocycles. The normalized spacial score (nSPS) is 17.2. The molecule has 0 aliphatic carbocycles. The minimum atomic E-state index is -0.913. The number of hydrogen-bond acceptors (Lipinski definition) is 5. The Kier molecular flexibility index (Phi) is 5.36. The summed E-state index contributed by atoms with van der Waals surface area (Å²) in [5.41, 5.74) is 8.13. The van der Waals surface area contributed by atoms with E-state index in [9.17, 15) is 14.7 Å². The number of nitrogens with zero attached hydrogens (tertiary/aromatic N) is 6. The molecule has 196 valence electrons. The van der Waals surface area contributed by atoms with Gasteiger partial charge in [-0.05, 0) is 72.2 Å². The molecule has 2 N–H and O–H groups in total. The molecule has 2 aliphatic rings. The molecular formula is C29H27N7O3. The first-order valence-electron chi connectivity index (χ1n) is 13.1. The van der Waals surface area contributed by atoms with E-state index in [1.807, 2.05) is 17.3 Å². The van der Waals surface area contributed by atoms with Gasteiger partial charge in [0.05, 0.1) is 12.2 Å². The molecular weight excluding hydrogens is 494 g/mol. The van der Waals surface area contributed by atoms with Gasteiger partial charge < -0.3 is 19.9 Å². The van der Waals surface area contributed by atoms with E-state index in [-0.39, 0.29) is 11.9 Å². The van der Waals surface area contributed by atoms with Crippen molar-refractivity contribution in [3.05, 3.63) is 83.1 Å². The molecule has 1 atom stereocenters. The number of carbonyl (C=O) groups excluding carboxylic acids is 1. The van der Waals surface area contributed by atoms with Crippen LogP contribution < -0.4 is 0 Å². The average Bonchev–Trinajstić information content (AvgIpc) is 3.70. The van der Waals surface area contributed by atoms with E-state index in [1.54, 1.807) is 29.2 Å². The molecule has 2 amide bonds. The summed E-state index contributed by atoms with van der Waals surface area (Å²) in [6, 6.07) is 7.95. The van der Waals surface area contributed by atoms with E-state index >= 15 is 0 Å². The Morgan fingerprint density at radius 2 is 2.00 bits per heavy atom. The highest BCUT2D eigenvalue weighted by Gasteiger charge is 2.34. The molecule has 0 radical (unpaired) electrons. The fourth-order valence-electron chi connectivity index (χ4n) is 6.10. The smallest absolute Gasteiger partial charge is 0.407 e. The Balaban J connectivity index is 1.31. The van der Waals surface area contributed by atoms with Crippen molar-refractivity contribution in [3.63, 3.8) is 0 Å². The summed E-state index contributed by atoms with van der Waals surface area (Å²) in [7, 11) is 0. The van der Waals surface area contributed by atoms with Gasteiger partial charge in [-0.15, -0.1) is 0 Å². The molecule has 7 rings (SSSR count). The summed E-state index contributed by atoms with van der Waals surface area (Å²) in [6.07, 6.45) is 10.1. The second kappa shape index (κ2) is 8.93. The van der Waals surface area contributed by atoms with E-state index < -0.39 is 6.09 Å². The van der Waals surface area contributed by atoms with Gasteiger partial charge in [0.15, 0.2) is 5.65 Å². The largest absolute Gasteiger partial charge is 0.465 e. The number of fused-ring (bicyclic) bond motifs is 3. The lowest BCUT2D eigenvalue weighted by molar-refractivity contribution is 0.0734. The van der Waals surface area contributed by atoms with Gasteiger partial charge in [0.25, 0.3) is 5.91 Å². The Labute approximate surface area is 223 Å². The topological polar surface area (TPSA) is 120 Å². The van der Waals surface area contributed by atoms with Gasteiger partial charge in [-0.2, -0.15) is 5.10 Å². The summed E-state index contributed by atoms with van der Waals surface area (Å²) >= 11 is 0. The molecule has 39 heavy (non-hydrogen) atoms. The van der Waals surface area contributed by atoms with E-state index in [0.717, 1.165) is 57.3 Å². The van der Waals surface area contributed by atoms with Crippen molar-refractivity contribution in [1.82, 2.24) is 34.4 Å². The van der Waals surface area contributed by atoms with Crippen LogP contribution in [0.1, 0.15) is 51.5 Å². The maximum atomic E-state index is 13.6. The van der Waals surface area contributed by atoms with Gasteiger partial charge in [0, 0.05) is 55.4 Å². The van der Waals surface area contributed by atoms with Gasteiger partial charge >= 0.3 is 6.09 Å². The maximum absolute atomic E-state index is 13.6. The third kappa shape index (κ3) is 3.82. The lowest BCUT2D eigenvalue weighted by Crippen LogP contribution is -2.37. The van der Waals surface area contributed by atoms with Crippen LogP contribution in [0.4, 0.5) is 4.79 Å². The fourth-order valence-corrected chi connectivity index (χ4v) is 6.10. The van der Waals surface area contributed by atoms with Crippen LogP contribution in [0.2, 0.25) is 0 Å². The SMILES string of the molecule is Cc1c[nH]c2ncc(-c3cc4c(c([C@@H]5CCCN5C(=O)O)c3)CN(C(=O)c3cnn5cccnc35)CC4)cc12. The molecule has 10 heteroatoms. The second-order valence-corrected chi connectivity index (χ2v) is 10.4. The number of pyridine rings is 1. The van der Waals surface area contributed by atoms with Crippen molar-refractivity contribution in [2.45, 2.75) is 38.8 Å². The predicted octanol–water partition coefficient (Wildman–Crippen LogP) is 4.59. The quantitative estimate of drug-likeness (QED) is 0.358. The summed E-state index contributed by atoms with van der Waals surface area (Å²) in [5.74, 6) is -0.122. The van der Waals surface area contributed by atoms with E-state index in [4.69, 9.17) is 0 Å². The molecule has 0 unspecified atom stereocenters. The van der Waals surface area contributed by atoms with Crippen LogP contribution in [0.25, 0.3) is 27.8 Å². The zero-order valence-corrected chi connectivity index (χ0v) is 21.5. The Hall–Kier alpha value is -4.73. The van der Waals surface area contributed by atoms with Crippen molar-refractivity contribution in [3.8, 4) is 11.1 Å². The van der Waals surface area contributed by atoms with Gasteiger partial charge in [-0.25, -0.2) is 19.3 Å². The molecule has 4 aromatic heterocycles. The highest BCUT2D eigenvalue weighted by molar-refractivity contribution is 5.99. The van der Waals surface area contributed by atoms with Crippen molar-refractivity contribution in [2.75, 3.05) is 13.1 Å². The third-order valence-electron chi connectivity index (χ3n) is 8.10. The Morgan fingerprint density at radius 3 is 2.87 bits per heavy atom. The van der Waals surface area contributed by atoms with E-state index in [1.165, 1.54) is 4.90 Å². The minimum Gasteiger partial charge on any atom is -0.465 e. The first kappa shape index (κ1) is 23.4. The average molecular weight is 522 g/mol. The van der Waals surface area contributed by atoms with Crippen molar-refractivity contribution in [1.29, 1.82) is 0 Å². The molecule has 0 saturated carbocycles. The monoisotopic (exact) mass is 521 g/mol. The summed E-state index contributed by atoms with van der Waals surface area (Å²) in [4.78, 5) is 41.3. The number of carboxylic acid groups (broad SMARTS) is 1. The van der Waals surface area contributed by atoms with Crippen LogP contribution in [0.3, 0.4) is 0 Å². The molecule has 1 fully saturated rings. The fraction of sp³-hybridized carbons (Fsp3) is 0.276. The number of rotatable bonds is 3.